The fourth-order valence-electron chi connectivity index (χ4n) is 2.00. The molecule has 3 nitrogen and oxygen atoms in total. The minimum absolute atomic E-state index is 0.0334. The van der Waals surface area contributed by atoms with Gasteiger partial charge in [-0.3, -0.25) is 0 Å². The predicted molar refractivity (Wildman–Crippen MR) is 75.3 cm³/mol. The quantitative estimate of drug-likeness (QED) is 0.879. The zero-order valence-corrected chi connectivity index (χ0v) is 11.5. The van der Waals surface area contributed by atoms with E-state index in [9.17, 15) is 0 Å². The van der Waals surface area contributed by atoms with Gasteiger partial charge < -0.3 is 10.3 Å². The van der Waals surface area contributed by atoms with Gasteiger partial charge in [0.1, 0.15) is 0 Å². The van der Waals surface area contributed by atoms with Crippen LogP contribution in [0.2, 0.25) is 0 Å². The summed E-state index contributed by atoms with van der Waals surface area (Å²) in [6, 6.07) is 8.46. The summed E-state index contributed by atoms with van der Waals surface area (Å²) in [5.41, 5.74) is 9.36. The van der Waals surface area contributed by atoms with E-state index in [4.69, 9.17) is 5.73 Å². The highest BCUT2D eigenvalue weighted by Crippen LogP contribution is 2.26. The Morgan fingerprint density at radius 2 is 1.78 bits per heavy atom. The Bertz CT molecular complexity index is 515. The highest BCUT2D eigenvalue weighted by molar-refractivity contribution is 5.59. The maximum atomic E-state index is 5.86. The molecule has 1 aromatic carbocycles. The van der Waals surface area contributed by atoms with Crippen LogP contribution in [-0.4, -0.2) is 9.55 Å². The third kappa shape index (κ3) is 2.46. The predicted octanol–water partition coefficient (Wildman–Crippen LogP) is 3.32. The van der Waals surface area contributed by atoms with Gasteiger partial charge in [-0.05, 0) is 38.8 Å². The zero-order chi connectivity index (χ0) is 13.3. The van der Waals surface area contributed by atoms with Crippen molar-refractivity contribution in [1.29, 1.82) is 0 Å². The van der Waals surface area contributed by atoms with Crippen LogP contribution in [0.4, 0.5) is 0 Å². The van der Waals surface area contributed by atoms with E-state index in [1.165, 1.54) is 5.56 Å². The van der Waals surface area contributed by atoms with Gasteiger partial charge in [0.15, 0.2) is 0 Å². The monoisotopic (exact) mass is 243 g/mol. The summed E-state index contributed by atoms with van der Waals surface area (Å²) < 4.78 is 2.19. The molecule has 1 atom stereocenters. The molecule has 1 aromatic heterocycles. The number of nitrogens with zero attached hydrogens (tertiary/aromatic N) is 2. The number of hydrogen-bond acceptors (Lipinski definition) is 2. The van der Waals surface area contributed by atoms with Crippen molar-refractivity contribution in [2.24, 2.45) is 5.73 Å². The molecule has 0 amide bonds. The first-order valence-electron chi connectivity index (χ1n) is 6.28. The van der Waals surface area contributed by atoms with Crippen LogP contribution in [0, 0.1) is 0 Å². The standard InChI is InChI=1S/C15H21N3/c1-11(16)12-5-7-13(8-6-12)14-9-17-10-18(14)15(2,3)4/h5-11H,16H2,1-4H3. The van der Waals surface area contributed by atoms with Gasteiger partial charge in [0.25, 0.3) is 0 Å². The topological polar surface area (TPSA) is 43.8 Å². The van der Waals surface area contributed by atoms with Crippen molar-refractivity contribution >= 4 is 0 Å². The van der Waals surface area contributed by atoms with Crippen LogP contribution in [0.5, 0.6) is 0 Å². The third-order valence-corrected chi connectivity index (χ3v) is 3.09. The van der Waals surface area contributed by atoms with Crippen LogP contribution in [0.3, 0.4) is 0 Å². The second-order valence-corrected chi connectivity index (χ2v) is 5.73. The summed E-state index contributed by atoms with van der Waals surface area (Å²) in [6.45, 7) is 8.52. The Hall–Kier alpha value is -1.61. The molecular weight excluding hydrogens is 222 g/mol. The number of benzene rings is 1. The van der Waals surface area contributed by atoms with E-state index >= 15 is 0 Å². The summed E-state index contributed by atoms with van der Waals surface area (Å²) in [5, 5.41) is 0. The Morgan fingerprint density at radius 1 is 1.17 bits per heavy atom. The average molecular weight is 243 g/mol. The van der Waals surface area contributed by atoms with Crippen LogP contribution in [0.15, 0.2) is 36.8 Å². The molecule has 2 rings (SSSR count). The molecule has 0 fully saturated rings. The van der Waals surface area contributed by atoms with Crippen LogP contribution >= 0.6 is 0 Å². The van der Waals surface area contributed by atoms with E-state index in [1.54, 1.807) is 0 Å². The lowest BCUT2D eigenvalue weighted by molar-refractivity contribution is 0.400. The van der Waals surface area contributed by atoms with Crippen LogP contribution < -0.4 is 5.73 Å². The highest BCUT2D eigenvalue weighted by Gasteiger charge is 2.17. The number of nitrogens with two attached hydrogens (primary N) is 1. The van der Waals surface area contributed by atoms with Gasteiger partial charge >= 0.3 is 0 Å². The first kappa shape index (κ1) is 12.8. The summed E-state index contributed by atoms with van der Waals surface area (Å²) in [7, 11) is 0. The van der Waals surface area contributed by atoms with Crippen molar-refractivity contribution in [2.45, 2.75) is 39.3 Å². The lowest BCUT2D eigenvalue weighted by Crippen LogP contribution is -2.21. The number of hydrogen-bond donors (Lipinski definition) is 1. The highest BCUT2D eigenvalue weighted by atomic mass is 15.1. The first-order chi connectivity index (χ1) is 8.39. The lowest BCUT2D eigenvalue weighted by atomic mass is 10.0. The smallest absolute Gasteiger partial charge is 0.0955 e. The van der Waals surface area contributed by atoms with Crippen LogP contribution in [0.1, 0.15) is 39.3 Å². The van der Waals surface area contributed by atoms with Crippen molar-refractivity contribution in [2.75, 3.05) is 0 Å². The minimum atomic E-state index is 0.0334. The van der Waals surface area contributed by atoms with Gasteiger partial charge in [-0.15, -0.1) is 0 Å². The van der Waals surface area contributed by atoms with Crippen molar-refractivity contribution in [3.8, 4) is 11.3 Å². The normalized spacial score (nSPS) is 13.6. The van der Waals surface area contributed by atoms with Gasteiger partial charge in [-0.1, -0.05) is 24.3 Å². The van der Waals surface area contributed by atoms with E-state index in [1.807, 2.05) is 19.4 Å². The second-order valence-electron chi connectivity index (χ2n) is 5.73. The largest absolute Gasteiger partial charge is 0.325 e. The van der Waals surface area contributed by atoms with E-state index < -0.39 is 0 Å². The van der Waals surface area contributed by atoms with E-state index in [2.05, 4.69) is 54.6 Å². The Labute approximate surface area is 109 Å². The molecule has 0 radical (unpaired) electrons. The number of rotatable bonds is 2. The number of aromatic nitrogens is 2. The third-order valence-electron chi connectivity index (χ3n) is 3.09. The molecule has 1 heterocycles. The van der Waals surface area contributed by atoms with Crippen LogP contribution in [-0.2, 0) is 5.54 Å². The summed E-state index contributed by atoms with van der Waals surface area (Å²) in [6.07, 6.45) is 3.79. The lowest BCUT2D eigenvalue weighted by Gasteiger charge is -2.23. The Morgan fingerprint density at radius 3 is 2.28 bits per heavy atom. The Kier molecular flexibility index (Phi) is 3.26. The molecule has 0 saturated heterocycles. The second kappa shape index (κ2) is 4.58. The molecule has 0 saturated carbocycles. The molecular formula is C15H21N3. The van der Waals surface area contributed by atoms with Crippen molar-refractivity contribution in [3.63, 3.8) is 0 Å². The molecule has 1 unspecified atom stereocenters. The van der Waals surface area contributed by atoms with Gasteiger partial charge in [-0.25, -0.2) is 4.98 Å². The van der Waals surface area contributed by atoms with Gasteiger partial charge in [0, 0.05) is 11.6 Å². The van der Waals surface area contributed by atoms with Gasteiger partial charge in [0.05, 0.1) is 18.2 Å². The molecule has 0 aliphatic heterocycles. The molecule has 96 valence electrons. The van der Waals surface area contributed by atoms with Crippen LogP contribution in [0.25, 0.3) is 11.3 Å². The van der Waals surface area contributed by atoms with Gasteiger partial charge in [-0.2, -0.15) is 0 Å². The van der Waals surface area contributed by atoms with E-state index in [-0.39, 0.29) is 11.6 Å². The summed E-state index contributed by atoms with van der Waals surface area (Å²) in [4.78, 5) is 4.26. The molecule has 0 bridgehead atoms. The fourth-order valence-corrected chi connectivity index (χ4v) is 2.00. The minimum Gasteiger partial charge on any atom is -0.325 e. The van der Waals surface area contributed by atoms with Crippen molar-refractivity contribution in [1.82, 2.24) is 9.55 Å². The fraction of sp³-hybridized carbons (Fsp3) is 0.400. The molecule has 3 heteroatoms. The van der Waals surface area contributed by atoms with E-state index in [0.29, 0.717) is 0 Å². The first-order valence-corrected chi connectivity index (χ1v) is 6.28. The molecule has 18 heavy (non-hydrogen) atoms. The SMILES string of the molecule is CC(N)c1ccc(-c2cncn2C(C)(C)C)cc1. The van der Waals surface area contributed by atoms with Crippen molar-refractivity contribution < 1.29 is 0 Å². The molecule has 0 spiro atoms. The molecule has 0 aliphatic carbocycles. The maximum absolute atomic E-state index is 5.86. The zero-order valence-electron chi connectivity index (χ0n) is 11.5. The van der Waals surface area contributed by atoms with Crippen molar-refractivity contribution in [3.05, 3.63) is 42.4 Å². The Balaban J connectivity index is 2.41. The summed E-state index contributed by atoms with van der Waals surface area (Å²) >= 11 is 0. The van der Waals surface area contributed by atoms with Gasteiger partial charge in [0.2, 0.25) is 0 Å². The summed E-state index contributed by atoms with van der Waals surface area (Å²) in [5.74, 6) is 0. The molecule has 2 N–H and O–H groups in total. The molecule has 2 aromatic rings. The average Bonchev–Trinajstić information content (AvgIpc) is 2.77. The van der Waals surface area contributed by atoms with E-state index in [0.717, 1.165) is 11.3 Å². The maximum Gasteiger partial charge on any atom is 0.0955 e. The number of imidazole rings is 1. The molecule has 0 aliphatic rings.